The molecule has 3 N–H and O–H groups in total. The van der Waals surface area contributed by atoms with Crippen molar-refractivity contribution >= 4 is 28.7 Å². The van der Waals surface area contributed by atoms with E-state index in [-0.39, 0.29) is 31.4 Å². The second kappa shape index (κ2) is 7.38. The molecule has 148 valence electrons. The molecule has 7 nitrogen and oxygen atoms in total. The maximum absolute atomic E-state index is 14.2. The number of aryl methyl sites for hydroxylation is 1. The third-order valence-corrected chi connectivity index (χ3v) is 4.96. The van der Waals surface area contributed by atoms with Crippen molar-refractivity contribution in [2.24, 2.45) is 0 Å². The molecule has 4 rings (SSSR count). The van der Waals surface area contributed by atoms with Crippen LogP contribution in [0.1, 0.15) is 11.1 Å². The summed E-state index contributed by atoms with van der Waals surface area (Å²) in [6.07, 6.45) is 0. The summed E-state index contributed by atoms with van der Waals surface area (Å²) in [6, 6.07) is 11.7. The van der Waals surface area contributed by atoms with Gasteiger partial charge in [0, 0.05) is 23.0 Å². The number of halogens is 1. The van der Waals surface area contributed by atoms with Crippen LogP contribution >= 0.6 is 0 Å². The maximum Gasteiger partial charge on any atom is 0.325 e. The number of fused-ring (bicyclic) bond motifs is 1. The highest BCUT2D eigenvalue weighted by Crippen LogP contribution is 2.31. The van der Waals surface area contributed by atoms with E-state index < -0.39 is 11.9 Å². The van der Waals surface area contributed by atoms with Crippen molar-refractivity contribution in [3.63, 3.8) is 0 Å². The molecule has 1 fully saturated rings. The van der Waals surface area contributed by atoms with Crippen LogP contribution in [0.4, 0.5) is 9.18 Å². The quantitative estimate of drug-likeness (QED) is 0.580. The Morgan fingerprint density at radius 3 is 2.72 bits per heavy atom. The summed E-state index contributed by atoms with van der Waals surface area (Å²) in [6.45, 7) is 1.91. The molecule has 8 heteroatoms. The summed E-state index contributed by atoms with van der Waals surface area (Å²) in [4.78, 5) is 39.2. The minimum atomic E-state index is -0.560. The Kier molecular flexibility index (Phi) is 4.75. The zero-order chi connectivity index (χ0) is 20.5. The minimum Gasteiger partial charge on any atom is -0.354 e. The predicted molar refractivity (Wildman–Crippen MR) is 105 cm³/mol. The molecule has 0 bridgehead atoms. The van der Waals surface area contributed by atoms with E-state index in [0.717, 1.165) is 32.6 Å². The van der Waals surface area contributed by atoms with Gasteiger partial charge in [-0.25, -0.2) is 9.18 Å². The van der Waals surface area contributed by atoms with Crippen LogP contribution < -0.4 is 10.6 Å². The Labute approximate surface area is 165 Å². The van der Waals surface area contributed by atoms with E-state index >= 15 is 0 Å². The number of urea groups is 1. The maximum atomic E-state index is 14.2. The third-order valence-electron chi connectivity index (χ3n) is 4.96. The van der Waals surface area contributed by atoms with Gasteiger partial charge in [0.1, 0.15) is 18.9 Å². The standard InChI is InChI=1S/C21H19FN4O3/c1-12-15-8-13(9-23-18(27)10-26-11-19(28)25-21(26)29)6-7-17(15)24-20(12)14-4-2-3-5-16(14)22/h2-8,24H,9-11H2,1H3,(H,23,27)(H,25,28,29). The van der Waals surface area contributed by atoms with Gasteiger partial charge < -0.3 is 15.2 Å². The number of aromatic nitrogens is 1. The molecule has 0 aliphatic carbocycles. The Balaban J connectivity index is 1.48. The fourth-order valence-electron chi connectivity index (χ4n) is 3.46. The van der Waals surface area contributed by atoms with Crippen LogP contribution in [0.3, 0.4) is 0 Å². The molecule has 0 spiro atoms. The first-order valence-electron chi connectivity index (χ1n) is 9.14. The second-order valence-corrected chi connectivity index (χ2v) is 6.97. The van der Waals surface area contributed by atoms with Crippen molar-refractivity contribution in [3.8, 4) is 11.3 Å². The van der Waals surface area contributed by atoms with Crippen molar-refractivity contribution in [1.82, 2.24) is 20.5 Å². The van der Waals surface area contributed by atoms with E-state index in [4.69, 9.17) is 0 Å². The molecule has 1 saturated heterocycles. The van der Waals surface area contributed by atoms with Crippen LogP contribution in [0.25, 0.3) is 22.2 Å². The van der Waals surface area contributed by atoms with E-state index in [2.05, 4.69) is 15.6 Å². The first-order chi connectivity index (χ1) is 13.9. The van der Waals surface area contributed by atoms with Gasteiger partial charge in [0.25, 0.3) is 0 Å². The largest absolute Gasteiger partial charge is 0.354 e. The fraction of sp³-hybridized carbons (Fsp3) is 0.190. The Morgan fingerprint density at radius 2 is 2.00 bits per heavy atom. The number of H-pyrrole nitrogens is 1. The summed E-state index contributed by atoms with van der Waals surface area (Å²) < 4.78 is 14.2. The molecular formula is C21H19FN4O3. The van der Waals surface area contributed by atoms with Crippen molar-refractivity contribution < 1.29 is 18.8 Å². The average Bonchev–Trinajstić information content (AvgIpc) is 3.19. The van der Waals surface area contributed by atoms with Gasteiger partial charge in [-0.05, 0) is 42.3 Å². The Bertz CT molecular complexity index is 1140. The van der Waals surface area contributed by atoms with E-state index in [9.17, 15) is 18.8 Å². The molecule has 4 amide bonds. The lowest BCUT2D eigenvalue weighted by molar-refractivity contribution is -0.122. The zero-order valence-corrected chi connectivity index (χ0v) is 15.7. The highest BCUT2D eigenvalue weighted by molar-refractivity contribution is 6.03. The fourth-order valence-corrected chi connectivity index (χ4v) is 3.46. The van der Waals surface area contributed by atoms with E-state index in [1.807, 2.05) is 25.1 Å². The normalized spacial score (nSPS) is 13.8. The minimum absolute atomic E-state index is 0.112. The highest BCUT2D eigenvalue weighted by atomic mass is 19.1. The van der Waals surface area contributed by atoms with Gasteiger partial charge in [-0.1, -0.05) is 18.2 Å². The SMILES string of the molecule is Cc1c(-c2ccccc2F)[nH]c2ccc(CNC(=O)CN3CC(=O)NC3=O)cc12. The second-order valence-electron chi connectivity index (χ2n) is 6.97. The highest BCUT2D eigenvalue weighted by Gasteiger charge is 2.28. The number of imide groups is 1. The monoisotopic (exact) mass is 394 g/mol. The van der Waals surface area contributed by atoms with Crippen LogP contribution in [0.5, 0.6) is 0 Å². The number of hydrogen-bond donors (Lipinski definition) is 3. The first-order valence-corrected chi connectivity index (χ1v) is 9.14. The number of benzene rings is 2. The summed E-state index contributed by atoms with van der Waals surface area (Å²) in [7, 11) is 0. The van der Waals surface area contributed by atoms with Gasteiger partial charge in [-0.3, -0.25) is 14.9 Å². The molecular weight excluding hydrogens is 375 g/mol. The molecule has 1 aromatic heterocycles. The number of aromatic amines is 1. The van der Waals surface area contributed by atoms with E-state index in [1.54, 1.807) is 18.2 Å². The van der Waals surface area contributed by atoms with E-state index in [0.29, 0.717) is 5.56 Å². The van der Waals surface area contributed by atoms with Gasteiger partial charge >= 0.3 is 6.03 Å². The number of carbonyl (C=O) groups excluding carboxylic acids is 3. The topological polar surface area (TPSA) is 94.3 Å². The number of hydrogen-bond acceptors (Lipinski definition) is 3. The van der Waals surface area contributed by atoms with Crippen LogP contribution in [0.15, 0.2) is 42.5 Å². The van der Waals surface area contributed by atoms with Gasteiger partial charge in [-0.15, -0.1) is 0 Å². The van der Waals surface area contributed by atoms with Gasteiger partial charge in [0.15, 0.2) is 0 Å². The molecule has 1 aliphatic rings. The molecule has 0 unspecified atom stereocenters. The van der Waals surface area contributed by atoms with Crippen LogP contribution in [0, 0.1) is 12.7 Å². The summed E-state index contributed by atoms with van der Waals surface area (Å²) in [5, 5.41) is 5.82. The van der Waals surface area contributed by atoms with Crippen molar-refractivity contribution in [3.05, 3.63) is 59.4 Å². The zero-order valence-electron chi connectivity index (χ0n) is 15.7. The first kappa shape index (κ1) is 18.7. The number of nitrogens with one attached hydrogen (secondary N) is 3. The summed E-state index contributed by atoms with van der Waals surface area (Å²) in [5.41, 5.74) is 3.90. The van der Waals surface area contributed by atoms with Crippen LogP contribution in [-0.2, 0) is 16.1 Å². The molecule has 0 atom stereocenters. The molecule has 2 heterocycles. The molecule has 0 saturated carbocycles. The summed E-state index contributed by atoms with van der Waals surface area (Å²) >= 11 is 0. The van der Waals surface area contributed by atoms with Crippen LogP contribution in [-0.4, -0.2) is 40.8 Å². The lowest BCUT2D eigenvalue weighted by Gasteiger charge is -2.13. The van der Waals surface area contributed by atoms with Gasteiger partial charge in [-0.2, -0.15) is 0 Å². The Hall–Kier alpha value is -3.68. The molecule has 0 radical (unpaired) electrons. The molecule has 29 heavy (non-hydrogen) atoms. The van der Waals surface area contributed by atoms with Crippen molar-refractivity contribution in [2.45, 2.75) is 13.5 Å². The van der Waals surface area contributed by atoms with Crippen LogP contribution in [0.2, 0.25) is 0 Å². The molecule has 3 aromatic rings. The predicted octanol–water partition coefficient (Wildman–Crippen LogP) is 2.45. The lowest BCUT2D eigenvalue weighted by Crippen LogP contribution is -2.38. The summed E-state index contributed by atoms with van der Waals surface area (Å²) in [5.74, 6) is -1.06. The lowest BCUT2D eigenvalue weighted by atomic mass is 10.0. The molecule has 1 aliphatic heterocycles. The number of rotatable bonds is 5. The third kappa shape index (κ3) is 3.69. The average molecular weight is 394 g/mol. The van der Waals surface area contributed by atoms with Crippen molar-refractivity contribution in [1.29, 1.82) is 0 Å². The molecule has 2 aromatic carbocycles. The van der Waals surface area contributed by atoms with E-state index in [1.165, 1.54) is 6.07 Å². The van der Waals surface area contributed by atoms with Gasteiger partial charge in [0.2, 0.25) is 11.8 Å². The smallest absolute Gasteiger partial charge is 0.325 e. The van der Waals surface area contributed by atoms with Gasteiger partial charge in [0.05, 0.1) is 5.69 Å². The number of nitrogens with zero attached hydrogens (tertiary/aromatic N) is 1. The number of amides is 4. The Morgan fingerprint density at radius 1 is 1.21 bits per heavy atom. The van der Waals surface area contributed by atoms with Crippen molar-refractivity contribution in [2.75, 3.05) is 13.1 Å². The number of carbonyl (C=O) groups is 3.